The SMILES string of the molecule is CCC(C)O[Si](OC(C)CC)(OC(C)(Br)CC)c1ccccc1. The summed E-state index contributed by atoms with van der Waals surface area (Å²) in [5.74, 6) is 0. The largest absolute Gasteiger partial charge is 0.538 e. The molecule has 1 aromatic carbocycles. The molecule has 0 aliphatic heterocycles. The Balaban J connectivity index is 3.31. The van der Waals surface area contributed by atoms with Crippen LogP contribution in [0.3, 0.4) is 0 Å². The highest BCUT2D eigenvalue weighted by molar-refractivity contribution is 9.10. The third kappa shape index (κ3) is 6.31. The third-order valence-corrected chi connectivity index (χ3v) is 8.18. The zero-order valence-corrected chi connectivity index (χ0v) is 17.9. The minimum atomic E-state index is -3.04. The van der Waals surface area contributed by atoms with Crippen molar-refractivity contribution in [2.24, 2.45) is 0 Å². The molecule has 3 nitrogen and oxygen atoms in total. The molecular weight excluding hydrogens is 372 g/mol. The molecule has 3 unspecified atom stereocenters. The van der Waals surface area contributed by atoms with Crippen LogP contribution >= 0.6 is 15.9 Å². The Hall–Kier alpha value is -0.203. The van der Waals surface area contributed by atoms with Crippen molar-refractivity contribution >= 4 is 29.9 Å². The van der Waals surface area contributed by atoms with E-state index in [1.807, 2.05) is 25.1 Å². The van der Waals surface area contributed by atoms with Gasteiger partial charge in [0.05, 0.1) is 0 Å². The highest BCUT2D eigenvalue weighted by atomic mass is 79.9. The molecule has 1 rings (SSSR count). The lowest BCUT2D eigenvalue weighted by atomic mass is 10.3. The molecule has 23 heavy (non-hydrogen) atoms. The molecule has 0 radical (unpaired) electrons. The van der Waals surface area contributed by atoms with Crippen LogP contribution < -0.4 is 5.19 Å². The van der Waals surface area contributed by atoms with Gasteiger partial charge < -0.3 is 13.3 Å². The number of halogens is 1. The minimum absolute atomic E-state index is 0.0751. The number of hydrogen-bond donors (Lipinski definition) is 0. The van der Waals surface area contributed by atoms with Gasteiger partial charge in [-0.2, -0.15) is 0 Å². The Morgan fingerprint density at radius 3 is 1.87 bits per heavy atom. The molecule has 0 N–H and O–H groups in total. The maximum atomic E-state index is 6.52. The molecule has 0 aromatic heterocycles. The molecule has 132 valence electrons. The minimum Gasteiger partial charge on any atom is -0.367 e. The predicted molar refractivity (Wildman–Crippen MR) is 102 cm³/mol. The second-order valence-corrected chi connectivity index (χ2v) is 10.2. The molecular formula is C18H31BrO3Si. The Labute approximate surface area is 151 Å². The van der Waals surface area contributed by atoms with E-state index in [4.69, 9.17) is 13.3 Å². The number of benzene rings is 1. The summed E-state index contributed by atoms with van der Waals surface area (Å²) in [4.78, 5) is 0. The van der Waals surface area contributed by atoms with Crippen molar-refractivity contribution < 1.29 is 13.3 Å². The van der Waals surface area contributed by atoms with Gasteiger partial charge in [-0.15, -0.1) is 0 Å². The highest BCUT2D eigenvalue weighted by Gasteiger charge is 2.50. The van der Waals surface area contributed by atoms with Crippen LogP contribution in [0.1, 0.15) is 60.8 Å². The average molecular weight is 403 g/mol. The Morgan fingerprint density at radius 1 is 1.00 bits per heavy atom. The monoisotopic (exact) mass is 402 g/mol. The lowest BCUT2D eigenvalue weighted by Gasteiger charge is -2.39. The zero-order chi connectivity index (χ0) is 17.5. The van der Waals surface area contributed by atoms with Crippen LogP contribution in [0.15, 0.2) is 30.3 Å². The van der Waals surface area contributed by atoms with Gasteiger partial charge >= 0.3 is 8.80 Å². The molecule has 3 atom stereocenters. The smallest absolute Gasteiger partial charge is 0.367 e. The normalized spacial score (nSPS) is 19.6. The van der Waals surface area contributed by atoms with Crippen LogP contribution in [-0.2, 0) is 13.3 Å². The summed E-state index contributed by atoms with van der Waals surface area (Å²) < 4.78 is 18.9. The summed E-state index contributed by atoms with van der Waals surface area (Å²) in [6.45, 7) is 12.5. The Bertz CT molecular complexity index is 441. The average Bonchev–Trinajstić information content (AvgIpc) is 2.54. The van der Waals surface area contributed by atoms with Gasteiger partial charge in [-0.1, -0.05) is 67.0 Å². The van der Waals surface area contributed by atoms with E-state index < -0.39 is 13.3 Å². The second-order valence-electron chi connectivity index (χ2n) is 6.15. The fourth-order valence-corrected chi connectivity index (χ4v) is 5.84. The van der Waals surface area contributed by atoms with E-state index in [2.05, 4.69) is 62.7 Å². The number of hydrogen-bond acceptors (Lipinski definition) is 3. The fraction of sp³-hybridized carbons (Fsp3) is 0.667. The van der Waals surface area contributed by atoms with Gasteiger partial charge in [0.25, 0.3) is 0 Å². The van der Waals surface area contributed by atoms with Gasteiger partial charge in [0.2, 0.25) is 0 Å². The van der Waals surface area contributed by atoms with Gasteiger partial charge in [0.1, 0.15) is 4.51 Å². The summed E-state index contributed by atoms with van der Waals surface area (Å²) in [6.07, 6.45) is 2.81. The molecule has 0 fully saturated rings. The lowest BCUT2D eigenvalue weighted by Crippen LogP contribution is -2.62. The van der Waals surface area contributed by atoms with Crippen molar-refractivity contribution in [3.05, 3.63) is 30.3 Å². The fourth-order valence-electron chi connectivity index (χ4n) is 1.96. The molecule has 0 spiro atoms. The van der Waals surface area contributed by atoms with Gasteiger partial charge in [0.15, 0.2) is 0 Å². The first-order valence-electron chi connectivity index (χ1n) is 8.58. The van der Waals surface area contributed by atoms with E-state index in [1.165, 1.54) is 0 Å². The summed E-state index contributed by atoms with van der Waals surface area (Å²) in [6, 6.07) is 10.1. The van der Waals surface area contributed by atoms with E-state index in [-0.39, 0.29) is 12.2 Å². The van der Waals surface area contributed by atoms with E-state index in [9.17, 15) is 0 Å². The molecule has 0 aliphatic carbocycles. The van der Waals surface area contributed by atoms with Gasteiger partial charge in [-0.05, 0) is 40.0 Å². The highest BCUT2D eigenvalue weighted by Crippen LogP contribution is 2.30. The van der Waals surface area contributed by atoms with Gasteiger partial charge in [-0.3, -0.25) is 0 Å². The molecule has 0 saturated heterocycles. The molecule has 1 aromatic rings. The van der Waals surface area contributed by atoms with Crippen LogP contribution in [0, 0.1) is 0 Å². The van der Waals surface area contributed by atoms with Crippen molar-refractivity contribution in [2.45, 2.75) is 77.5 Å². The standard InChI is InChI=1S/C18H31BrO3Si/c1-7-15(4)20-23(21-16(5)8-2,22-18(6,19)9-3)17-13-11-10-12-14-17/h10-16H,7-9H2,1-6H3. The van der Waals surface area contributed by atoms with E-state index >= 15 is 0 Å². The Morgan fingerprint density at radius 2 is 1.48 bits per heavy atom. The molecule has 0 bridgehead atoms. The van der Waals surface area contributed by atoms with E-state index in [1.54, 1.807) is 0 Å². The summed E-state index contributed by atoms with van der Waals surface area (Å²) in [5, 5.41) is 1.01. The van der Waals surface area contributed by atoms with Crippen molar-refractivity contribution in [1.29, 1.82) is 0 Å². The van der Waals surface area contributed by atoms with Crippen LogP contribution in [0.4, 0.5) is 0 Å². The van der Waals surface area contributed by atoms with Crippen molar-refractivity contribution in [3.8, 4) is 0 Å². The van der Waals surface area contributed by atoms with Crippen LogP contribution in [-0.4, -0.2) is 25.5 Å². The first kappa shape index (κ1) is 20.8. The maximum absolute atomic E-state index is 6.52. The molecule has 5 heteroatoms. The maximum Gasteiger partial charge on any atom is 0.538 e. The predicted octanol–water partition coefficient (Wildman–Crippen LogP) is 5.00. The van der Waals surface area contributed by atoms with Crippen molar-refractivity contribution in [2.75, 3.05) is 0 Å². The van der Waals surface area contributed by atoms with Crippen molar-refractivity contribution in [3.63, 3.8) is 0 Å². The van der Waals surface area contributed by atoms with Crippen molar-refractivity contribution in [1.82, 2.24) is 0 Å². The quantitative estimate of drug-likeness (QED) is 0.406. The van der Waals surface area contributed by atoms with E-state index in [0.717, 1.165) is 24.4 Å². The Kier molecular flexibility index (Phi) is 8.45. The number of alkyl halides is 1. The van der Waals surface area contributed by atoms with Gasteiger partial charge in [-0.25, -0.2) is 0 Å². The van der Waals surface area contributed by atoms with Crippen LogP contribution in [0.25, 0.3) is 0 Å². The summed E-state index contributed by atoms with van der Waals surface area (Å²) in [5.41, 5.74) is 0. The molecule has 0 saturated carbocycles. The first-order valence-corrected chi connectivity index (χ1v) is 11.1. The lowest BCUT2D eigenvalue weighted by molar-refractivity contribution is -0.00698. The molecule has 0 heterocycles. The third-order valence-electron chi connectivity index (χ3n) is 3.97. The van der Waals surface area contributed by atoms with Gasteiger partial charge in [0, 0.05) is 17.4 Å². The van der Waals surface area contributed by atoms with E-state index in [0.29, 0.717) is 0 Å². The number of rotatable bonds is 10. The van der Waals surface area contributed by atoms with Crippen LogP contribution in [0.2, 0.25) is 0 Å². The topological polar surface area (TPSA) is 27.7 Å². The van der Waals surface area contributed by atoms with Crippen LogP contribution in [0.5, 0.6) is 0 Å². The second kappa shape index (κ2) is 9.32. The first-order chi connectivity index (χ1) is 10.8. The molecule has 0 aliphatic rings. The molecule has 0 amide bonds. The summed E-state index contributed by atoms with van der Waals surface area (Å²) in [7, 11) is -3.04. The zero-order valence-electron chi connectivity index (χ0n) is 15.3. The summed E-state index contributed by atoms with van der Waals surface area (Å²) >= 11 is 3.69.